The summed E-state index contributed by atoms with van der Waals surface area (Å²) in [5.41, 5.74) is 0.789. The number of aromatic nitrogens is 3. The molecule has 21 heavy (non-hydrogen) atoms. The summed E-state index contributed by atoms with van der Waals surface area (Å²) in [7, 11) is 0. The monoisotopic (exact) mass is 280 g/mol. The molecule has 1 fully saturated rings. The van der Waals surface area contributed by atoms with Crippen LogP contribution in [0, 0.1) is 0 Å². The van der Waals surface area contributed by atoms with Crippen molar-refractivity contribution in [3.8, 4) is 11.5 Å². The first-order chi connectivity index (χ1) is 10.4. The van der Waals surface area contributed by atoms with E-state index in [0.717, 1.165) is 48.3 Å². The highest BCUT2D eigenvalue weighted by Crippen LogP contribution is 2.28. The number of piperidine rings is 1. The molecule has 0 aliphatic carbocycles. The van der Waals surface area contributed by atoms with Gasteiger partial charge in [-0.1, -0.05) is 29.4 Å². The normalized spacial score (nSPS) is 16.4. The van der Waals surface area contributed by atoms with E-state index in [1.165, 1.54) is 0 Å². The maximum absolute atomic E-state index is 5.48. The quantitative estimate of drug-likeness (QED) is 0.782. The third kappa shape index (κ3) is 2.29. The highest BCUT2D eigenvalue weighted by atomic mass is 16.5. The third-order valence-corrected chi connectivity index (χ3v) is 4.02. The zero-order valence-electron chi connectivity index (χ0n) is 11.6. The second-order valence-electron chi connectivity index (χ2n) is 5.36. The standard InChI is InChI=1S/C16H16N4O/c1-2-4-13-11(3-1)7-10-18-14(13)15-19-16(21-20-15)12-5-8-17-9-6-12/h1-4,7,10,12,17H,5-6,8-9H2. The van der Waals surface area contributed by atoms with E-state index in [4.69, 9.17) is 4.52 Å². The Kier molecular flexibility index (Phi) is 3.12. The summed E-state index contributed by atoms with van der Waals surface area (Å²) < 4.78 is 5.48. The van der Waals surface area contributed by atoms with Crippen molar-refractivity contribution in [2.75, 3.05) is 13.1 Å². The summed E-state index contributed by atoms with van der Waals surface area (Å²) >= 11 is 0. The molecule has 1 aliphatic rings. The van der Waals surface area contributed by atoms with Gasteiger partial charge in [0.2, 0.25) is 11.7 Å². The number of hydrogen-bond donors (Lipinski definition) is 1. The minimum Gasteiger partial charge on any atom is -0.339 e. The zero-order valence-corrected chi connectivity index (χ0v) is 11.6. The van der Waals surface area contributed by atoms with Gasteiger partial charge in [-0.3, -0.25) is 4.98 Å². The highest BCUT2D eigenvalue weighted by molar-refractivity contribution is 5.92. The zero-order chi connectivity index (χ0) is 14.1. The molecule has 0 atom stereocenters. The first kappa shape index (κ1) is 12.5. The molecule has 5 nitrogen and oxygen atoms in total. The number of nitrogens with one attached hydrogen (secondary N) is 1. The van der Waals surface area contributed by atoms with E-state index >= 15 is 0 Å². The summed E-state index contributed by atoms with van der Waals surface area (Å²) in [5, 5.41) is 9.68. The molecule has 1 aromatic carbocycles. The molecule has 2 aromatic heterocycles. The predicted molar refractivity (Wildman–Crippen MR) is 79.9 cm³/mol. The van der Waals surface area contributed by atoms with Gasteiger partial charge in [-0.25, -0.2) is 0 Å². The first-order valence-corrected chi connectivity index (χ1v) is 7.30. The van der Waals surface area contributed by atoms with Crippen molar-refractivity contribution >= 4 is 10.8 Å². The van der Waals surface area contributed by atoms with Crippen LogP contribution in [0.5, 0.6) is 0 Å². The molecule has 1 aliphatic heterocycles. The van der Waals surface area contributed by atoms with Gasteiger partial charge in [0.25, 0.3) is 0 Å². The number of fused-ring (bicyclic) bond motifs is 1. The summed E-state index contributed by atoms with van der Waals surface area (Å²) in [6.07, 6.45) is 3.88. The molecule has 4 rings (SSSR count). The number of rotatable bonds is 2. The molecule has 0 saturated carbocycles. The van der Waals surface area contributed by atoms with E-state index in [-0.39, 0.29) is 0 Å². The molecule has 0 spiro atoms. The Morgan fingerprint density at radius 2 is 1.95 bits per heavy atom. The second kappa shape index (κ2) is 5.26. The summed E-state index contributed by atoms with van der Waals surface area (Å²) in [4.78, 5) is 9.02. The first-order valence-electron chi connectivity index (χ1n) is 7.30. The molecule has 3 heterocycles. The van der Waals surface area contributed by atoms with Crippen molar-refractivity contribution in [3.05, 3.63) is 42.4 Å². The van der Waals surface area contributed by atoms with Crippen molar-refractivity contribution in [1.29, 1.82) is 0 Å². The summed E-state index contributed by atoms with van der Waals surface area (Å²) in [6, 6.07) is 10.1. The summed E-state index contributed by atoms with van der Waals surface area (Å²) in [5.74, 6) is 1.68. The molecule has 106 valence electrons. The fraction of sp³-hybridized carbons (Fsp3) is 0.312. The number of hydrogen-bond acceptors (Lipinski definition) is 5. The highest BCUT2D eigenvalue weighted by Gasteiger charge is 2.22. The van der Waals surface area contributed by atoms with Crippen LogP contribution in [0.25, 0.3) is 22.3 Å². The second-order valence-corrected chi connectivity index (χ2v) is 5.36. The van der Waals surface area contributed by atoms with Gasteiger partial charge in [-0.2, -0.15) is 4.98 Å². The lowest BCUT2D eigenvalue weighted by atomic mass is 9.98. The number of nitrogens with zero attached hydrogens (tertiary/aromatic N) is 3. The maximum Gasteiger partial charge on any atom is 0.230 e. The van der Waals surface area contributed by atoms with E-state index in [0.29, 0.717) is 11.7 Å². The Morgan fingerprint density at radius 1 is 1.10 bits per heavy atom. The van der Waals surface area contributed by atoms with Crippen molar-refractivity contribution in [2.24, 2.45) is 0 Å². The van der Waals surface area contributed by atoms with Crippen LogP contribution < -0.4 is 5.32 Å². The van der Waals surface area contributed by atoms with Gasteiger partial charge in [-0.05, 0) is 37.4 Å². The van der Waals surface area contributed by atoms with Crippen LogP contribution in [0.1, 0.15) is 24.7 Å². The topological polar surface area (TPSA) is 63.8 Å². The average Bonchev–Trinajstić information content (AvgIpc) is 3.05. The molecular formula is C16H16N4O. The predicted octanol–water partition coefficient (Wildman–Crippen LogP) is 2.75. The minimum atomic E-state index is 0.363. The van der Waals surface area contributed by atoms with Gasteiger partial charge in [0.15, 0.2) is 0 Å². The van der Waals surface area contributed by atoms with Gasteiger partial charge < -0.3 is 9.84 Å². The molecule has 1 saturated heterocycles. The lowest BCUT2D eigenvalue weighted by Gasteiger charge is -2.18. The molecule has 0 bridgehead atoms. The molecule has 0 radical (unpaired) electrons. The van der Waals surface area contributed by atoms with Crippen molar-refractivity contribution < 1.29 is 4.52 Å². The Hall–Kier alpha value is -2.27. The fourth-order valence-corrected chi connectivity index (χ4v) is 2.86. The van der Waals surface area contributed by atoms with Crippen molar-refractivity contribution in [2.45, 2.75) is 18.8 Å². The van der Waals surface area contributed by atoms with Gasteiger partial charge in [0.05, 0.1) is 0 Å². The SMILES string of the molecule is c1ccc2c(-c3noc(C4CCNCC4)n3)nccc2c1. The Morgan fingerprint density at radius 3 is 2.86 bits per heavy atom. The molecule has 0 unspecified atom stereocenters. The van der Waals surface area contributed by atoms with Crippen LogP contribution in [0.2, 0.25) is 0 Å². The third-order valence-electron chi connectivity index (χ3n) is 4.02. The van der Waals surface area contributed by atoms with E-state index < -0.39 is 0 Å². The van der Waals surface area contributed by atoms with Crippen LogP contribution in [0.15, 0.2) is 41.1 Å². The number of benzene rings is 1. The molecule has 5 heteroatoms. The lowest BCUT2D eigenvalue weighted by molar-refractivity contribution is 0.320. The van der Waals surface area contributed by atoms with Gasteiger partial charge in [0.1, 0.15) is 5.69 Å². The van der Waals surface area contributed by atoms with Crippen LogP contribution in [0.3, 0.4) is 0 Å². The Labute approximate surface area is 122 Å². The lowest BCUT2D eigenvalue weighted by Crippen LogP contribution is -2.26. The maximum atomic E-state index is 5.48. The van der Waals surface area contributed by atoms with Crippen LogP contribution >= 0.6 is 0 Å². The van der Waals surface area contributed by atoms with E-state index in [1.807, 2.05) is 24.3 Å². The minimum absolute atomic E-state index is 0.363. The van der Waals surface area contributed by atoms with Crippen LogP contribution in [-0.4, -0.2) is 28.2 Å². The van der Waals surface area contributed by atoms with Gasteiger partial charge >= 0.3 is 0 Å². The number of pyridine rings is 1. The summed E-state index contributed by atoms with van der Waals surface area (Å²) in [6.45, 7) is 2.02. The smallest absolute Gasteiger partial charge is 0.230 e. The fourth-order valence-electron chi connectivity index (χ4n) is 2.86. The largest absolute Gasteiger partial charge is 0.339 e. The molecule has 3 aromatic rings. The van der Waals surface area contributed by atoms with Crippen LogP contribution in [-0.2, 0) is 0 Å². The van der Waals surface area contributed by atoms with E-state index in [2.05, 4.69) is 26.5 Å². The van der Waals surface area contributed by atoms with Crippen molar-refractivity contribution in [3.63, 3.8) is 0 Å². The molecule has 1 N–H and O–H groups in total. The average molecular weight is 280 g/mol. The molecular weight excluding hydrogens is 264 g/mol. The van der Waals surface area contributed by atoms with E-state index in [9.17, 15) is 0 Å². The van der Waals surface area contributed by atoms with Crippen LogP contribution in [0.4, 0.5) is 0 Å². The van der Waals surface area contributed by atoms with Gasteiger partial charge in [0, 0.05) is 17.5 Å². The van der Waals surface area contributed by atoms with E-state index in [1.54, 1.807) is 6.20 Å². The molecule has 0 amide bonds. The van der Waals surface area contributed by atoms with Gasteiger partial charge in [-0.15, -0.1) is 0 Å². The van der Waals surface area contributed by atoms with Crippen molar-refractivity contribution in [1.82, 2.24) is 20.4 Å². The Balaban J connectivity index is 1.74. The Bertz CT molecular complexity index is 756.